The van der Waals surface area contributed by atoms with E-state index in [1.165, 1.54) is 6.07 Å². The molecule has 2 rings (SSSR count). The molecule has 0 aliphatic heterocycles. The second-order valence-corrected chi connectivity index (χ2v) is 4.33. The average Bonchev–Trinajstić information content (AvgIpc) is 2.72. The van der Waals surface area contributed by atoms with Crippen LogP contribution in [0, 0.1) is 5.82 Å². The summed E-state index contributed by atoms with van der Waals surface area (Å²) >= 11 is 3.26. The highest BCUT2D eigenvalue weighted by atomic mass is 79.9. The largest absolute Gasteiger partial charge is 0.330 e. The molecule has 0 unspecified atom stereocenters. The molecule has 0 aliphatic carbocycles. The normalized spacial score (nSPS) is 10.7. The lowest BCUT2D eigenvalue weighted by Crippen LogP contribution is -2.04. The van der Waals surface area contributed by atoms with Gasteiger partial charge in [0.25, 0.3) is 0 Å². The minimum absolute atomic E-state index is 0.226. The zero-order valence-electron chi connectivity index (χ0n) is 8.95. The van der Waals surface area contributed by atoms with Crippen LogP contribution in [0.25, 0.3) is 0 Å². The number of halogens is 2. The topological polar surface area (TPSA) is 17.8 Å². The van der Waals surface area contributed by atoms with Crippen LogP contribution in [-0.4, -0.2) is 9.55 Å². The maximum atomic E-state index is 13.3. The zero-order chi connectivity index (χ0) is 11.5. The van der Waals surface area contributed by atoms with Crippen LogP contribution < -0.4 is 0 Å². The lowest BCUT2D eigenvalue weighted by Gasteiger charge is -2.08. The molecule has 16 heavy (non-hydrogen) atoms. The Balaban J connectivity index is 2.30. The summed E-state index contributed by atoms with van der Waals surface area (Å²) in [5, 5.41) is 0. The first-order valence-electron chi connectivity index (χ1n) is 5.15. The Kier molecular flexibility index (Phi) is 3.39. The highest BCUT2D eigenvalue weighted by Crippen LogP contribution is 2.21. The summed E-state index contributed by atoms with van der Waals surface area (Å²) in [5.41, 5.74) is 0.924. The summed E-state index contributed by atoms with van der Waals surface area (Å²) in [6.07, 6.45) is 4.56. The van der Waals surface area contributed by atoms with Gasteiger partial charge in [-0.05, 0) is 27.6 Å². The first-order chi connectivity index (χ1) is 7.72. The Labute approximate surface area is 102 Å². The summed E-state index contributed by atoms with van der Waals surface area (Å²) in [5.74, 6) is 0.784. The molecule has 84 valence electrons. The van der Waals surface area contributed by atoms with Crippen LogP contribution in [0.15, 0.2) is 35.1 Å². The van der Waals surface area contributed by atoms with Crippen molar-refractivity contribution in [3.8, 4) is 0 Å². The highest BCUT2D eigenvalue weighted by molar-refractivity contribution is 9.10. The van der Waals surface area contributed by atoms with Crippen LogP contribution in [0.2, 0.25) is 0 Å². The molecule has 0 saturated heterocycles. The molecule has 4 heteroatoms. The van der Waals surface area contributed by atoms with Crippen molar-refractivity contribution in [2.45, 2.75) is 19.9 Å². The van der Waals surface area contributed by atoms with Gasteiger partial charge in [-0.3, -0.25) is 0 Å². The summed E-state index contributed by atoms with van der Waals surface area (Å²) in [6.45, 7) is 2.70. The van der Waals surface area contributed by atoms with Crippen LogP contribution in [0.3, 0.4) is 0 Å². The van der Waals surface area contributed by atoms with E-state index in [0.29, 0.717) is 11.0 Å². The number of aromatic nitrogens is 2. The van der Waals surface area contributed by atoms with Crippen molar-refractivity contribution in [3.63, 3.8) is 0 Å². The highest BCUT2D eigenvalue weighted by Gasteiger charge is 2.07. The quantitative estimate of drug-likeness (QED) is 0.844. The fourth-order valence-corrected chi connectivity index (χ4v) is 2.04. The molecule has 0 N–H and O–H groups in total. The number of hydrogen-bond acceptors (Lipinski definition) is 1. The number of hydrogen-bond donors (Lipinski definition) is 0. The molecule has 0 aliphatic rings. The number of imidazole rings is 1. The van der Waals surface area contributed by atoms with Crippen molar-refractivity contribution in [2.24, 2.45) is 0 Å². The van der Waals surface area contributed by atoms with Gasteiger partial charge in [0.05, 0.1) is 4.47 Å². The fraction of sp³-hybridized carbons (Fsp3) is 0.250. The Morgan fingerprint density at radius 2 is 2.25 bits per heavy atom. The predicted molar refractivity (Wildman–Crippen MR) is 64.8 cm³/mol. The van der Waals surface area contributed by atoms with E-state index < -0.39 is 0 Å². The molecule has 0 spiro atoms. The van der Waals surface area contributed by atoms with Crippen molar-refractivity contribution in [3.05, 3.63) is 52.3 Å². The van der Waals surface area contributed by atoms with E-state index >= 15 is 0 Å². The fourth-order valence-electron chi connectivity index (χ4n) is 1.65. The van der Waals surface area contributed by atoms with Crippen molar-refractivity contribution in [1.29, 1.82) is 0 Å². The Morgan fingerprint density at radius 3 is 3.00 bits per heavy atom. The van der Waals surface area contributed by atoms with E-state index in [-0.39, 0.29) is 5.82 Å². The maximum Gasteiger partial charge on any atom is 0.137 e. The number of aryl methyl sites for hydroxylation is 1. The molecule has 0 fully saturated rings. The summed E-state index contributed by atoms with van der Waals surface area (Å²) in [7, 11) is 0. The van der Waals surface area contributed by atoms with Crippen LogP contribution in [0.5, 0.6) is 0 Å². The lowest BCUT2D eigenvalue weighted by atomic mass is 10.2. The van der Waals surface area contributed by atoms with Crippen molar-refractivity contribution in [2.75, 3.05) is 0 Å². The van der Waals surface area contributed by atoms with Gasteiger partial charge in [-0.15, -0.1) is 0 Å². The van der Waals surface area contributed by atoms with Crippen molar-refractivity contribution in [1.82, 2.24) is 9.55 Å². The SMILES string of the molecule is CCc1nccn1Cc1cccc(F)c1Br. The van der Waals surface area contributed by atoms with E-state index in [1.54, 1.807) is 12.3 Å². The van der Waals surface area contributed by atoms with E-state index in [0.717, 1.165) is 17.8 Å². The Bertz CT molecular complexity index is 494. The van der Waals surface area contributed by atoms with Crippen LogP contribution >= 0.6 is 15.9 Å². The molecule has 2 nitrogen and oxygen atoms in total. The summed E-state index contributed by atoms with van der Waals surface area (Å²) in [6, 6.07) is 5.08. The maximum absolute atomic E-state index is 13.3. The van der Waals surface area contributed by atoms with Gasteiger partial charge in [-0.2, -0.15) is 0 Å². The van der Waals surface area contributed by atoms with Crippen LogP contribution in [0.4, 0.5) is 4.39 Å². The van der Waals surface area contributed by atoms with Gasteiger partial charge < -0.3 is 4.57 Å². The molecule has 1 aromatic carbocycles. The number of rotatable bonds is 3. The van der Waals surface area contributed by atoms with E-state index in [4.69, 9.17) is 0 Å². The summed E-state index contributed by atoms with van der Waals surface area (Å²) < 4.78 is 15.9. The minimum Gasteiger partial charge on any atom is -0.330 e. The van der Waals surface area contributed by atoms with E-state index in [1.807, 2.05) is 16.8 Å². The van der Waals surface area contributed by atoms with Gasteiger partial charge in [0.2, 0.25) is 0 Å². The zero-order valence-corrected chi connectivity index (χ0v) is 10.5. The second kappa shape index (κ2) is 4.78. The van der Waals surface area contributed by atoms with E-state index in [2.05, 4.69) is 27.8 Å². The van der Waals surface area contributed by atoms with Gasteiger partial charge in [-0.1, -0.05) is 19.1 Å². The third-order valence-corrected chi connectivity index (χ3v) is 3.38. The Morgan fingerprint density at radius 1 is 1.44 bits per heavy atom. The van der Waals surface area contributed by atoms with Gasteiger partial charge in [-0.25, -0.2) is 9.37 Å². The van der Waals surface area contributed by atoms with Crippen molar-refractivity contribution < 1.29 is 4.39 Å². The van der Waals surface area contributed by atoms with Gasteiger partial charge >= 0.3 is 0 Å². The van der Waals surface area contributed by atoms with Crippen LogP contribution in [-0.2, 0) is 13.0 Å². The van der Waals surface area contributed by atoms with Gasteiger partial charge in [0, 0.05) is 25.4 Å². The summed E-state index contributed by atoms with van der Waals surface area (Å²) in [4.78, 5) is 4.24. The molecule has 0 atom stereocenters. The molecule has 2 aromatic rings. The molecule has 0 amide bonds. The third-order valence-electron chi connectivity index (χ3n) is 2.49. The molecule has 0 saturated carbocycles. The molecule has 0 bridgehead atoms. The van der Waals surface area contributed by atoms with Crippen LogP contribution in [0.1, 0.15) is 18.3 Å². The smallest absolute Gasteiger partial charge is 0.137 e. The van der Waals surface area contributed by atoms with Gasteiger partial charge in [0.15, 0.2) is 0 Å². The minimum atomic E-state index is -0.226. The Hall–Kier alpha value is -1.16. The van der Waals surface area contributed by atoms with E-state index in [9.17, 15) is 4.39 Å². The third kappa shape index (κ3) is 2.16. The standard InChI is InChI=1S/C12H12BrFN2/c1-2-11-15-6-7-16(11)8-9-4-3-5-10(14)12(9)13/h3-7H,2,8H2,1H3. The van der Waals surface area contributed by atoms with Crippen molar-refractivity contribution >= 4 is 15.9 Å². The number of nitrogens with zero attached hydrogens (tertiary/aromatic N) is 2. The monoisotopic (exact) mass is 282 g/mol. The lowest BCUT2D eigenvalue weighted by molar-refractivity contribution is 0.614. The predicted octanol–water partition coefficient (Wildman–Crippen LogP) is 3.40. The molecular weight excluding hydrogens is 271 g/mol. The van der Waals surface area contributed by atoms with Gasteiger partial charge in [0.1, 0.15) is 11.6 Å². The second-order valence-electron chi connectivity index (χ2n) is 3.54. The first-order valence-corrected chi connectivity index (χ1v) is 5.94. The average molecular weight is 283 g/mol. The molecular formula is C12H12BrFN2. The molecule has 1 aromatic heterocycles. The molecule has 0 radical (unpaired) electrons. The number of benzene rings is 1. The first kappa shape index (κ1) is 11.3. The molecule has 1 heterocycles.